The third kappa shape index (κ3) is 2.30. The lowest BCUT2D eigenvalue weighted by molar-refractivity contribution is 0.433. The molecule has 0 bridgehead atoms. The van der Waals surface area contributed by atoms with Crippen LogP contribution >= 0.6 is 0 Å². The molecule has 3 nitrogen and oxygen atoms in total. The summed E-state index contributed by atoms with van der Waals surface area (Å²) in [5.74, 6) is 0.145. The van der Waals surface area contributed by atoms with E-state index in [1.165, 1.54) is 5.56 Å². The molecule has 20 heavy (non-hydrogen) atoms. The van der Waals surface area contributed by atoms with E-state index in [9.17, 15) is 5.11 Å². The SMILES string of the molecule is Cc1cccc(-c2cc(O)n(-c3cccc(C)c3)n2)c1. The molecule has 0 atom stereocenters. The monoisotopic (exact) mass is 264 g/mol. The molecule has 100 valence electrons. The van der Waals surface area contributed by atoms with Crippen LogP contribution in [0, 0.1) is 13.8 Å². The van der Waals surface area contributed by atoms with Crippen molar-refractivity contribution in [3.63, 3.8) is 0 Å². The molecule has 0 amide bonds. The lowest BCUT2D eigenvalue weighted by atomic mass is 10.1. The number of benzene rings is 2. The third-order valence-electron chi connectivity index (χ3n) is 3.25. The average molecular weight is 264 g/mol. The molecular formula is C17H16N2O. The van der Waals surface area contributed by atoms with Gasteiger partial charge in [-0.3, -0.25) is 0 Å². The summed E-state index contributed by atoms with van der Waals surface area (Å²) >= 11 is 0. The Labute approximate surface area is 118 Å². The molecule has 3 heteroatoms. The Morgan fingerprint density at radius 1 is 0.900 bits per heavy atom. The van der Waals surface area contributed by atoms with Crippen LogP contribution in [0.1, 0.15) is 11.1 Å². The fourth-order valence-electron chi connectivity index (χ4n) is 2.27. The van der Waals surface area contributed by atoms with Crippen LogP contribution in [-0.4, -0.2) is 14.9 Å². The van der Waals surface area contributed by atoms with Gasteiger partial charge in [0, 0.05) is 11.6 Å². The van der Waals surface area contributed by atoms with Crippen molar-refractivity contribution in [2.45, 2.75) is 13.8 Å². The smallest absolute Gasteiger partial charge is 0.214 e. The summed E-state index contributed by atoms with van der Waals surface area (Å²) in [7, 11) is 0. The van der Waals surface area contributed by atoms with Crippen molar-refractivity contribution in [1.29, 1.82) is 0 Å². The van der Waals surface area contributed by atoms with Gasteiger partial charge >= 0.3 is 0 Å². The highest BCUT2D eigenvalue weighted by molar-refractivity contribution is 5.61. The van der Waals surface area contributed by atoms with Crippen LogP contribution in [0.5, 0.6) is 5.88 Å². The maximum Gasteiger partial charge on any atom is 0.214 e. The Hall–Kier alpha value is -2.55. The molecule has 0 aliphatic carbocycles. The fourth-order valence-corrected chi connectivity index (χ4v) is 2.27. The van der Waals surface area contributed by atoms with Gasteiger partial charge in [-0.25, -0.2) is 4.68 Å². The van der Waals surface area contributed by atoms with Crippen LogP contribution in [0.25, 0.3) is 16.9 Å². The molecule has 0 spiro atoms. The van der Waals surface area contributed by atoms with Crippen molar-refractivity contribution in [2.75, 3.05) is 0 Å². The summed E-state index contributed by atoms with van der Waals surface area (Å²) in [5, 5.41) is 14.6. The maximum absolute atomic E-state index is 10.1. The van der Waals surface area contributed by atoms with E-state index in [0.717, 1.165) is 22.5 Å². The van der Waals surface area contributed by atoms with Crippen molar-refractivity contribution in [3.8, 4) is 22.8 Å². The van der Waals surface area contributed by atoms with Crippen LogP contribution in [-0.2, 0) is 0 Å². The summed E-state index contributed by atoms with van der Waals surface area (Å²) in [6, 6.07) is 17.7. The molecular weight excluding hydrogens is 248 g/mol. The number of aromatic nitrogens is 2. The van der Waals surface area contributed by atoms with Crippen molar-refractivity contribution < 1.29 is 5.11 Å². The Kier molecular flexibility index (Phi) is 3.03. The van der Waals surface area contributed by atoms with E-state index < -0.39 is 0 Å². The second-order valence-corrected chi connectivity index (χ2v) is 5.01. The average Bonchev–Trinajstić information content (AvgIpc) is 2.81. The van der Waals surface area contributed by atoms with Gasteiger partial charge in [-0.1, -0.05) is 35.9 Å². The molecule has 3 rings (SSSR count). The predicted molar refractivity (Wildman–Crippen MR) is 80.1 cm³/mol. The van der Waals surface area contributed by atoms with Crippen LogP contribution < -0.4 is 0 Å². The van der Waals surface area contributed by atoms with Crippen molar-refractivity contribution in [2.24, 2.45) is 0 Å². The van der Waals surface area contributed by atoms with Crippen LogP contribution in [0.15, 0.2) is 54.6 Å². The van der Waals surface area contributed by atoms with E-state index in [1.807, 2.05) is 56.3 Å². The molecule has 0 unspecified atom stereocenters. The zero-order valence-corrected chi connectivity index (χ0v) is 11.5. The minimum Gasteiger partial charge on any atom is -0.493 e. The number of hydrogen-bond acceptors (Lipinski definition) is 2. The van der Waals surface area contributed by atoms with E-state index >= 15 is 0 Å². The zero-order chi connectivity index (χ0) is 14.1. The largest absolute Gasteiger partial charge is 0.493 e. The minimum atomic E-state index is 0.145. The van der Waals surface area contributed by atoms with Crippen molar-refractivity contribution in [1.82, 2.24) is 9.78 Å². The first-order valence-corrected chi connectivity index (χ1v) is 6.56. The molecule has 1 N–H and O–H groups in total. The number of rotatable bonds is 2. The van der Waals surface area contributed by atoms with Gasteiger partial charge in [0.1, 0.15) is 0 Å². The summed E-state index contributed by atoms with van der Waals surface area (Å²) in [6.07, 6.45) is 0. The Bertz CT molecular complexity index is 759. The summed E-state index contributed by atoms with van der Waals surface area (Å²) in [5.41, 5.74) is 4.95. The molecule has 0 aliphatic heterocycles. The maximum atomic E-state index is 10.1. The van der Waals surface area contributed by atoms with E-state index in [-0.39, 0.29) is 5.88 Å². The lowest BCUT2D eigenvalue weighted by Gasteiger charge is -2.03. The quantitative estimate of drug-likeness (QED) is 0.763. The summed E-state index contributed by atoms with van der Waals surface area (Å²) in [4.78, 5) is 0. The standard InChI is InChI=1S/C17H16N2O/c1-12-5-3-7-14(9-12)16-11-17(20)19(18-16)15-8-4-6-13(2)10-15/h3-11,20H,1-2H3. The molecule has 0 fully saturated rings. The highest BCUT2D eigenvalue weighted by atomic mass is 16.3. The molecule has 1 aromatic heterocycles. The first kappa shape index (κ1) is 12.5. The second-order valence-electron chi connectivity index (χ2n) is 5.01. The topological polar surface area (TPSA) is 38.0 Å². The van der Waals surface area contributed by atoms with E-state index in [0.29, 0.717) is 0 Å². The van der Waals surface area contributed by atoms with Crippen LogP contribution in [0.2, 0.25) is 0 Å². The molecule has 0 saturated heterocycles. The Morgan fingerprint density at radius 2 is 1.60 bits per heavy atom. The predicted octanol–water partition coefficient (Wildman–Crippen LogP) is 3.86. The molecule has 0 radical (unpaired) electrons. The summed E-state index contributed by atoms with van der Waals surface area (Å²) in [6.45, 7) is 4.06. The zero-order valence-electron chi connectivity index (χ0n) is 11.5. The summed E-state index contributed by atoms with van der Waals surface area (Å²) < 4.78 is 1.56. The normalized spacial score (nSPS) is 10.7. The van der Waals surface area contributed by atoms with Gasteiger partial charge in [-0.05, 0) is 37.6 Å². The van der Waals surface area contributed by atoms with Crippen molar-refractivity contribution >= 4 is 0 Å². The van der Waals surface area contributed by atoms with Gasteiger partial charge in [0.05, 0.1) is 11.4 Å². The highest BCUT2D eigenvalue weighted by Gasteiger charge is 2.10. The second kappa shape index (κ2) is 4.85. The third-order valence-corrected chi connectivity index (χ3v) is 3.25. The van der Waals surface area contributed by atoms with Gasteiger partial charge in [0.2, 0.25) is 5.88 Å². The van der Waals surface area contributed by atoms with Gasteiger partial charge < -0.3 is 5.11 Å². The highest BCUT2D eigenvalue weighted by Crippen LogP contribution is 2.26. The van der Waals surface area contributed by atoms with Gasteiger partial charge in [-0.15, -0.1) is 0 Å². The fraction of sp³-hybridized carbons (Fsp3) is 0.118. The van der Waals surface area contributed by atoms with E-state index in [2.05, 4.69) is 11.2 Å². The molecule has 1 heterocycles. The minimum absolute atomic E-state index is 0.145. The Morgan fingerprint density at radius 3 is 2.30 bits per heavy atom. The van der Waals surface area contributed by atoms with Crippen LogP contribution in [0.3, 0.4) is 0 Å². The number of nitrogens with zero attached hydrogens (tertiary/aromatic N) is 2. The van der Waals surface area contributed by atoms with Crippen LogP contribution in [0.4, 0.5) is 0 Å². The van der Waals surface area contributed by atoms with Gasteiger partial charge in [0.15, 0.2) is 0 Å². The molecule has 3 aromatic rings. The van der Waals surface area contributed by atoms with E-state index in [4.69, 9.17) is 0 Å². The van der Waals surface area contributed by atoms with E-state index in [1.54, 1.807) is 10.7 Å². The number of aromatic hydroxyl groups is 1. The number of hydrogen-bond donors (Lipinski definition) is 1. The molecule has 0 aliphatic rings. The van der Waals surface area contributed by atoms with Gasteiger partial charge in [-0.2, -0.15) is 5.10 Å². The molecule has 0 saturated carbocycles. The van der Waals surface area contributed by atoms with Gasteiger partial charge in [0.25, 0.3) is 0 Å². The first-order valence-electron chi connectivity index (χ1n) is 6.56. The molecule has 2 aromatic carbocycles. The Balaban J connectivity index is 2.08. The lowest BCUT2D eigenvalue weighted by Crippen LogP contribution is -1.96. The first-order chi connectivity index (χ1) is 9.63. The number of aryl methyl sites for hydroxylation is 2. The van der Waals surface area contributed by atoms with Crippen molar-refractivity contribution in [3.05, 3.63) is 65.7 Å².